The summed E-state index contributed by atoms with van der Waals surface area (Å²) in [6.45, 7) is 11.3. The van der Waals surface area contributed by atoms with Crippen molar-refractivity contribution in [2.75, 3.05) is 13.2 Å². The van der Waals surface area contributed by atoms with Gasteiger partial charge in [0.25, 0.3) is 0 Å². The molecule has 0 aliphatic heterocycles. The predicted octanol–water partition coefficient (Wildman–Crippen LogP) is 16.5. The third kappa shape index (κ3) is 45.5. The van der Waals surface area contributed by atoms with Gasteiger partial charge in [0, 0.05) is 19.3 Å². The van der Waals surface area contributed by atoms with Crippen LogP contribution >= 0.6 is 0 Å². The zero-order chi connectivity index (χ0) is 42.6. The van der Waals surface area contributed by atoms with E-state index in [4.69, 9.17) is 14.2 Å². The lowest BCUT2D eigenvalue weighted by Gasteiger charge is -2.18. The molecule has 0 fully saturated rings. The average molecular weight is 821 g/mol. The number of carbonyl (C=O) groups is 3. The Bertz CT molecular complexity index is 885. The Hall–Kier alpha value is -1.59. The van der Waals surface area contributed by atoms with Crippen LogP contribution in [0.4, 0.5) is 0 Å². The summed E-state index contributed by atoms with van der Waals surface area (Å²) in [7, 11) is 0. The Labute approximate surface area is 361 Å². The highest BCUT2D eigenvalue weighted by Crippen LogP contribution is 2.17. The normalized spacial score (nSPS) is 12.1. The Morgan fingerprint density at radius 3 is 0.845 bits per heavy atom. The van der Waals surface area contributed by atoms with Crippen LogP contribution in [0.1, 0.15) is 285 Å². The number of carbonyl (C=O) groups excluding carboxylic acids is 3. The second kappa shape index (κ2) is 44.9. The van der Waals surface area contributed by atoms with Gasteiger partial charge in [-0.05, 0) is 31.1 Å². The van der Waals surface area contributed by atoms with Gasteiger partial charge in [-0.3, -0.25) is 14.4 Å². The van der Waals surface area contributed by atoms with Crippen molar-refractivity contribution in [3.05, 3.63) is 0 Å². The minimum atomic E-state index is -0.760. The van der Waals surface area contributed by atoms with Crippen molar-refractivity contribution in [3.63, 3.8) is 0 Å². The summed E-state index contributed by atoms with van der Waals surface area (Å²) in [4.78, 5) is 37.8. The highest BCUT2D eigenvalue weighted by Gasteiger charge is 2.19. The van der Waals surface area contributed by atoms with Gasteiger partial charge in [-0.25, -0.2) is 0 Å². The second-order valence-corrected chi connectivity index (χ2v) is 18.8. The highest BCUT2D eigenvalue weighted by molar-refractivity contribution is 5.71. The first-order valence-electron chi connectivity index (χ1n) is 25.7. The SMILES string of the molecule is CCCCCCCCCC(=O)O[C@H](COC(=O)CCCCCCCCCCCCCCCCCCC(C)C)COC(=O)CCCCCCCCCCCCCC(C)C. The number of ether oxygens (including phenoxy) is 3. The van der Waals surface area contributed by atoms with Crippen LogP contribution in [-0.2, 0) is 28.6 Å². The Kier molecular flexibility index (Phi) is 43.7. The van der Waals surface area contributed by atoms with Crippen LogP contribution < -0.4 is 0 Å². The number of rotatable bonds is 46. The van der Waals surface area contributed by atoms with Gasteiger partial charge in [0.15, 0.2) is 6.10 Å². The first-order chi connectivity index (χ1) is 28.2. The van der Waals surface area contributed by atoms with Gasteiger partial charge in [-0.2, -0.15) is 0 Å². The van der Waals surface area contributed by atoms with Crippen LogP contribution in [0.5, 0.6) is 0 Å². The molecule has 0 aromatic rings. The maximum atomic E-state index is 12.7. The number of hydrogen-bond donors (Lipinski definition) is 0. The summed E-state index contributed by atoms with van der Waals surface area (Å²) in [5, 5.41) is 0. The fourth-order valence-corrected chi connectivity index (χ4v) is 7.81. The Balaban J connectivity index is 4.14. The summed E-state index contributed by atoms with van der Waals surface area (Å²) in [6.07, 6.45) is 45.3. The lowest BCUT2D eigenvalue weighted by molar-refractivity contribution is -0.167. The molecule has 0 spiro atoms. The highest BCUT2D eigenvalue weighted by atomic mass is 16.6. The van der Waals surface area contributed by atoms with Crippen molar-refractivity contribution in [2.24, 2.45) is 11.8 Å². The minimum Gasteiger partial charge on any atom is -0.462 e. The molecular formula is C52H100O6. The van der Waals surface area contributed by atoms with E-state index >= 15 is 0 Å². The predicted molar refractivity (Wildman–Crippen MR) is 247 cm³/mol. The van der Waals surface area contributed by atoms with Gasteiger partial charge in [-0.1, -0.05) is 247 Å². The van der Waals surface area contributed by atoms with E-state index in [1.807, 2.05) is 0 Å². The van der Waals surface area contributed by atoms with Gasteiger partial charge in [0.2, 0.25) is 0 Å². The van der Waals surface area contributed by atoms with Gasteiger partial charge in [0.1, 0.15) is 13.2 Å². The van der Waals surface area contributed by atoms with E-state index in [1.165, 1.54) is 173 Å². The fourth-order valence-electron chi connectivity index (χ4n) is 7.81. The monoisotopic (exact) mass is 821 g/mol. The van der Waals surface area contributed by atoms with Crippen molar-refractivity contribution in [1.82, 2.24) is 0 Å². The molecule has 0 radical (unpaired) electrons. The molecule has 0 aliphatic carbocycles. The summed E-state index contributed by atoms with van der Waals surface area (Å²) < 4.78 is 16.7. The fraction of sp³-hybridized carbons (Fsp3) is 0.942. The lowest BCUT2D eigenvalue weighted by atomic mass is 10.0. The van der Waals surface area contributed by atoms with Gasteiger partial charge >= 0.3 is 17.9 Å². The summed E-state index contributed by atoms with van der Waals surface area (Å²) in [6, 6.07) is 0. The van der Waals surface area contributed by atoms with Crippen molar-refractivity contribution in [2.45, 2.75) is 291 Å². The first-order valence-corrected chi connectivity index (χ1v) is 25.7. The lowest BCUT2D eigenvalue weighted by Crippen LogP contribution is -2.30. The van der Waals surface area contributed by atoms with Crippen molar-refractivity contribution in [1.29, 1.82) is 0 Å². The molecule has 0 unspecified atom stereocenters. The molecule has 6 heteroatoms. The molecule has 0 rings (SSSR count). The molecular weight excluding hydrogens is 721 g/mol. The van der Waals surface area contributed by atoms with Crippen molar-refractivity contribution in [3.8, 4) is 0 Å². The van der Waals surface area contributed by atoms with Gasteiger partial charge < -0.3 is 14.2 Å². The molecule has 0 N–H and O–H groups in total. The minimum absolute atomic E-state index is 0.0642. The molecule has 0 saturated carbocycles. The first kappa shape index (κ1) is 56.4. The van der Waals surface area contributed by atoms with E-state index in [0.717, 1.165) is 69.6 Å². The van der Waals surface area contributed by atoms with Crippen LogP contribution in [-0.4, -0.2) is 37.2 Å². The van der Waals surface area contributed by atoms with Gasteiger partial charge in [-0.15, -0.1) is 0 Å². The molecule has 58 heavy (non-hydrogen) atoms. The van der Waals surface area contributed by atoms with Crippen molar-refractivity contribution < 1.29 is 28.6 Å². The number of hydrogen-bond acceptors (Lipinski definition) is 6. The molecule has 6 nitrogen and oxygen atoms in total. The van der Waals surface area contributed by atoms with Crippen LogP contribution in [0.2, 0.25) is 0 Å². The van der Waals surface area contributed by atoms with Crippen LogP contribution in [0.25, 0.3) is 0 Å². The zero-order valence-electron chi connectivity index (χ0n) is 39.7. The molecule has 0 aromatic heterocycles. The van der Waals surface area contributed by atoms with Crippen LogP contribution in [0.15, 0.2) is 0 Å². The summed E-state index contributed by atoms with van der Waals surface area (Å²) in [5.74, 6) is 0.824. The molecule has 0 bridgehead atoms. The molecule has 0 amide bonds. The van der Waals surface area contributed by atoms with E-state index in [-0.39, 0.29) is 31.1 Å². The molecule has 0 aromatic carbocycles. The maximum absolute atomic E-state index is 12.7. The summed E-state index contributed by atoms with van der Waals surface area (Å²) in [5.41, 5.74) is 0. The Morgan fingerprint density at radius 2 is 0.569 bits per heavy atom. The molecule has 1 atom stereocenters. The van der Waals surface area contributed by atoms with E-state index in [1.54, 1.807) is 0 Å². The average Bonchev–Trinajstić information content (AvgIpc) is 3.19. The molecule has 0 saturated heterocycles. The topological polar surface area (TPSA) is 78.9 Å². The van der Waals surface area contributed by atoms with Crippen LogP contribution in [0.3, 0.4) is 0 Å². The quantitative estimate of drug-likeness (QED) is 0.0346. The Morgan fingerprint density at radius 1 is 0.328 bits per heavy atom. The van der Waals surface area contributed by atoms with E-state index in [2.05, 4.69) is 34.6 Å². The molecule has 344 valence electrons. The van der Waals surface area contributed by atoms with E-state index in [9.17, 15) is 14.4 Å². The van der Waals surface area contributed by atoms with E-state index in [0.29, 0.717) is 19.3 Å². The zero-order valence-corrected chi connectivity index (χ0v) is 39.7. The third-order valence-electron chi connectivity index (χ3n) is 11.7. The smallest absolute Gasteiger partial charge is 0.306 e. The van der Waals surface area contributed by atoms with E-state index < -0.39 is 6.10 Å². The third-order valence-corrected chi connectivity index (χ3v) is 11.7. The van der Waals surface area contributed by atoms with Gasteiger partial charge in [0.05, 0.1) is 0 Å². The molecule has 0 aliphatic rings. The number of unbranched alkanes of at least 4 members (excludes halogenated alkanes) is 31. The van der Waals surface area contributed by atoms with Crippen LogP contribution in [0, 0.1) is 11.8 Å². The summed E-state index contributed by atoms with van der Waals surface area (Å²) >= 11 is 0. The number of esters is 3. The molecule has 0 heterocycles. The second-order valence-electron chi connectivity index (χ2n) is 18.8. The van der Waals surface area contributed by atoms with Crippen molar-refractivity contribution >= 4 is 17.9 Å². The largest absolute Gasteiger partial charge is 0.462 e. The standard InChI is InChI=1S/C52H100O6/c1-6-7-8-9-25-34-39-44-52(55)58-49(46-57-51(54)43-38-33-29-24-20-16-18-22-27-31-36-41-48(4)5)45-56-50(53)42-37-32-28-23-19-15-13-11-10-12-14-17-21-26-30-35-40-47(2)3/h47-49H,6-46H2,1-5H3/t49-/m1/s1. The maximum Gasteiger partial charge on any atom is 0.306 e.